The van der Waals surface area contributed by atoms with Crippen LogP contribution in [0.1, 0.15) is 40.9 Å². The van der Waals surface area contributed by atoms with E-state index in [4.69, 9.17) is 10.2 Å². The van der Waals surface area contributed by atoms with Gasteiger partial charge in [0.25, 0.3) is 5.91 Å². The zero-order valence-corrected chi connectivity index (χ0v) is 15.9. The quantitative estimate of drug-likeness (QED) is 0.597. The summed E-state index contributed by atoms with van der Waals surface area (Å²) in [4.78, 5) is 24.0. The number of hydrogen-bond acceptors (Lipinski definition) is 4. The second-order valence-corrected chi connectivity index (χ2v) is 7.53. The summed E-state index contributed by atoms with van der Waals surface area (Å²) in [5.41, 5.74) is 7.06. The molecule has 4 N–H and O–H groups in total. The maximum Gasteiger partial charge on any atom is 0.319 e. The molecule has 2 heterocycles. The fraction of sp³-hybridized carbons (Fsp3) is 0.263. The summed E-state index contributed by atoms with van der Waals surface area (Å²) in [6.07, 6.45) is 0. The average molecular weight is 389 g/mol. The fourth-order valence-electron chi connectivity index (χ4n) is 2.88. The van der Waals surface area contributed by atoms with Crippen molar-refractivity contribution >= 4 is 39.9 Å². The number of halogens is 1. The number of benzene rings is 1. The number of rotatable bonds is 5. The van der Waals surface area contributed by atoms with Gasteiger partial charge in [-0.05, 0) is 37.1 Å². The first-order chi connectivity index (χ1) is 12.8. The van der Waals surface area contributed by atoms with Gasteiger partial charge in [-0.3, -0.25) is 4.79 Å². The van der Waals surface area contributed by atoms with Crippen LogP contribution in [0.5, 0.6) is 0 Å². The predicted octanol–water partition coefficient (Wildman–Crippen LogP) is 4.56. The summed E-state index contributed by atoms with van der Waals surface area (Å²) >= 11 is 1.16. The molecule has 3 rings (SSSR count). The normalized spacial score (nSPS) is 12.3. The van der Waals surface area contributed by atoms with Gasteiger partial charge in [0.15, 0.2) is 0 Å². The Kier molecular flexibility index (Phi) is 5.18. The van der Waals surface area contributed by atoms with Crippen LogP contribution in [-0.4, -0.2) is 11.9 Å². The summed E-state index contributed by atoms with van der Waals surface area (Å²) in [5, 5.41) is 7.89. The van der Waals surface area contributed by atoms with E-state index in [0.29, 0.717) is 27.3 Å². The van der Waals surface area contributed by atoms with Gasteiger partial charge in [0, 0.05) is 16.3 Å². The summed E-state index contributed by atoms with van der Waals surface area (Å²) in [7, 11) is 0. The van der Waals surface area contributed by atoms with Crippen LogP contribution in [-0.2, 0) is 0 Å². The lowest BCUT2D eigenvalue weighted by atomic mass is 9.98. The van der Waals surface area contributed by atoms with Gasteiger partial charge >= 0.3 is 6.03 Å². The van der Waals surface area contributed by atoms with E-state index in [1.165, 1.54) is 18.2 Å². The van der Waals surface area contributed by atoms with E-state index in [9.17, 15) is 14.0 Å². The van der Waals surface area contributed by atoms with Crippen LogP contribution in [0, 0.1) is 18.7 Å². The zero-order valence-electron chi connectivity index (χ0n) is 15.1. The molecule has 0 unspecified atom stereocenters. The summed E-state index contributed by atoms with van der Waals surface area (Å²) in [5.74, 6) is -0.265. The Labute approximate surface area is 159 Å². The van der Waals surface area contributed by atoms with Crippen LogP contribution >= 0.6 is 11.3 Å². The lowest BCUT2D eigenvalue weighted by Gasteiger charge is -2.21. The number of fused-ring (bicyclic) bond motifs is 1. The molecule has 0 saturated carbocycles. The van der Waals surface area contributed by atoms with E-state index in [1.54, 1.807) is 11.4 Å². The molecule has 0 aliphatic rings. The van der Waals surface area contributed by atoms with E-state index in [2.05, 4.69) is 10.6 Å². The van der Waals surface area contributed by atoms with Gasteiger partial charge in [-0.2, -0.15) is 0 Å². The highest BCUT2D eigenvalue weighted by Crippen LogP contribution is 2.33. The minimum atomic E-state index is -0.543. The number of primary amides is 1. The minimum Gasteiger partial charge on any atom is -0.459 e. The molecule has 0 saturated heterocycles. The number of hydrogen-bond donors (Lipinski definition) is 3. The monoisotopic (exact) mass is 389 g/mol. The smallest absolute Gasteiger partial charge is 0.319 e. The summed E-state index contributed by atoms with van der Waals surface area (Å²) in [6.45, 7) is 5.75. The molecular formula is C19H20FN3O3S. The third-order valence-electron chi connectivity index (χ3n) is 4.27. The third kappa shape index (κ3) is 3.95. The second kappa shape index (κ2) is 7.40. The van der Waals surface area contributed by atoms with Gasteiger partial charge in [0.05, 0.1) is 16.6 Å². The molecule has 6 nitrogen and oxygen atoms in total. The van der Waals surface area contributed by atoms with E-state index in [1.807, 2.05) is 20.8 Å². The van der Waals surface area contributed by atoms with Gasteiger partial charge < -0.3 is 20.8 Å². The van der Waals surface area contributed by atoms with Crippen molar-refractivity contribution in [2.75, 3.05) is 5.32 Å². The van der Waals surface area contributed by atoms with Crippen molar-refractivity contribution in [3.05, 3.63) is 51.7 Å². The third-order valence-corrected chi connectivity index (χ3v) is 5.22. The molecule has 0 bridgehead atoms. The van der Waals surface area contributed by atoms with E-state index >= 15 is 0 Å². The van der Waals surface area contributed by atoms with Gasteiger partial charge in [-0.15, -0.1) is 11.3 Å². The molecule has 142 valence electrons. The molecule has 0 radical (unpaired) electrons. The van der Waals surface area contributed by atoms with Crippen LogP contribution in [0.25, 0.3) is 11.0 Å². The van der Waals surface area contributed by atoms with Gasteiger partial charge in [-0.25, -0.2) is 9.18 Å². The number of thiophene rings is 1. The fourth-order valence-corrected chi connectivity index (χ4v) is 3.58. The van der Waals surface area contributed by atoms with Crippen molar-refractivity contribution in [3.8, 4) is 0 Å². The van der Waals surface area contributed by atoms with E-state index in [0.717, 1.165) is 16.9 Å². The Balaban J connectivity index is 1.82. The first-order valence-corrected chi connectivity index (χ1v) is 9.28. The number of carbonyl (C=O) groups excluding carboxylic acids is 2. The molecule has 0 fully saturated rings. The second-order valence-electron chi connectivity index (χ2n) is 6.62. The Morgan fingerprint density at radius 3 is 2.63 bits per heavy atom. The molecule has 27 heavy (non-hydrogen) atoms. The number of urea groups is 1. The number of nitrogens with one attached hydrogen (secondary N) is 2. The highest BCUT2D eigenvalue weighted by Gasteiger charge is 2.25. The number of carbonyl (C=O) groups is 2. The van der Waals surface area contributed by atoms with Crippen LogP contribution in [0.15, 0.2) is 34.1 Å². The largest absolute Gasteiger partial charge is 0.459 e. The molecule has 3 amide bonds. The van der Waals surface area contributed by atoms with Crippen molar-refractivity contribution < 1.29 is 18.4 Å². The summed E-state index contributed by atoms with van der Waals surface area (Å²) < 4.78 is 19.4. The van der Waals surface area contributed by atoms with Gasteiger partial charge in [0.2, 0.25) is 0 Å². The Morgan fingerprint density at radius 2 is 2.00 bits per heavy atom. The van der Waals surface area contributed by atoms with Crippen molar-refractivity contribution in [2.45, 2.75) is 26.8 Å². The van der Waals surface area contributed by atoms with Crippen LogP contribution in [0.3, 0.4) is 0 Å². The minimum absolute atomic E-state index is 0.0310. The Morgan fingerprint density at radius 1 is 1.26 bits per heavy atom. The number of anilines is 1. The first-order valence-electron chi connectivity index (χ1n) is 8.40. The Bertz CT molecular complexity index is 1010. The molecular weight excluding hydrogens is 369 g/mol. The van der Waals surface area contributed by atoms with Gasteiger partial charge in [0.1, 0.15) is 17.2 Å². The summed E-state index contributed by atoms with van der Waals surface area (Å²) in [6, 6.07) is 5.02. The highest BCUT2D eigenvalue weighted by atomic mass is 32.1. The molecule has 0 aliphatic carbocycles. The molecule has 0 aliphatic heterocycles. The van der Waals surface area contributed by atoms with E-state index in [-0.39, 0.29) is 11.7 Å². The van der Waals surface area contributed by atoms with Crippen LogP contribution in [0.4, 0.5) is 14.9 Å². The van der Waals surface area contributed by atoms with Crippen molar-refractivity contribution in [1.82, 2.24) is 5.32 Å². The SMILES string of the molecule is Cc1c([C@@H](NC(=O)Nc2csc(C(N)=O)c2)C(C)C)oc2ccc(F)cc12. The number of furan rings is 1. The highest BCUT2D eigenvalue weighted by molar-refractivity contribution is 7.12. The molecule has 8 heteroatoms. The lowest BCUT2D eigenvalue weighted by molar-refractivity contribution is 0.100. The maximum absolute atomic E-state index is 13.5. The van der Waals surface area contributed by atoms with Crippen molar-refractivity contribution in [1.29, 1.82) is 0 Å². The van der Waals surface area contributed by atoms with Gasteiger partial charge in [-0.1, -0.05) is 13.8 Å². The topological polar surface area (TPSA) is 97.4 Å². The Hall–Kier alpha value is -2.87. The first kappa shape index (κ1) is 18.9. The van der Waals surface area contributed by atoms with Crippen molar-refractivity contribution in [3.63, 3.8) is 0 Å². The zero-order chi connectivity index (χ0) is 19.7. The van der Waals surface area contributed by atoms with Crippen LogP contribution < -0.4 is 16.4 Å². The molecule has 2 aromatic heterocycles. The molecule has 3 aromatic rings. The molecule has 1 aromatic carbocycles. The van der Waals surface area contributed by atoms with Crippen LogP contribution in [0.2, 0.25) is 0 Å². The number of nitrogens with two attached hydrogens (primary N) is 1. The van der Waals surface area contributed by atoms with Crippen molar-refractivity contribution in [2.24, 2.45) is 11.7 Å². The standard InChI is InChI=1S/C19H20FN3O3S/c1-9(2)16(17-10(3)13-6-11(20)4-5-14(13)26-17)23-19(25)22-12-7-15(18(21)24)27-8-12/h4-9,16H,1-3H3,(H2,21,24)(H2,22,23,25)/t16-/m0/s1. The average Bonchev–Trinajstić information content (AvgIpc) is 3.18. The number of amides is 3. The molecule has 1 atom stereocenters. The lowest BCUT2D eigenvalue weighted by Crippen LogP contribution is -2.35. The predicted molar refractivity (Wildman–Crippen MR) is 103 cm³/mol. The van der Waals surface area contributed by atoms with E-state index < -0.39 is 18.0 Å². The maximum atomic E-state index is 13.5. The number of aryl methyl sites for hydroxylation is 1. The molecule has 0 spiro atoms.